The summed E-state index contributed by atoms with van der Waals surface area (Å²) in [5.41, 5.74) is 0.989. The van der Waals surface area contributed by atoms with Gasteiger partial charge in [-0.3, -0.25) is 14.4 Å². The quantitative estimate of drug-likeness (QED) is 0.571. The summed E-state index contributed by atoms with van der Waals surface area (Å²) < 4.78 is 0. The zero-order chi connectivity index (χ0) is 22.0. The van der Waals surface area contributed by atoms with Gasteiger partial charge in [-0.2, -0.15) is 0 Å². The van der Waals surface area contributed by atoms with E-state index in [1.807, 2.05) is 30.3 Å². The van der Waals surface area contributed by atoms with Crippen LogP contribution in [0.3, 0.4) is 0 Å². The van der Waals surface area contributed by atoms with E-state index in [-0.39, 0.29) is 28.4 Å². The van der Waals surface area contributed by atoms with E-state index >= 15 is 0 Å². The second-order valence-electron chi connectivity index (χ2n) is 11.6. The highest BCUT2D eigenvalue weighted by atomic mass is 16.1. The van der Waals surface area contributed by atoms with Crippen molar-refractivity contribution in [1.82, 2.24) is 0 Å². The second-order valence-corrected chi connectivity index (χ2v) is 11.6. The molecule has 2 unspecified atom stereocenters. The SMILES string of the molecule is CC(=O)[C@H]1CC[C@H]2[C@@H]3C(C(=O)c4ccccc4)CC4CC(=O)CC[C@]4(C)[C@H]3CC[C@]12C. The minimum absolute atomic E-state index is 0.0216. The Morgan fingerprint density at radius 3 is 2.35 bits per heavy atom. The molecule has 31 heavy (non-hydrogen) atoms. The van der Waals surface area contributed by atoms with Crippen LogP contribution in [0.4, 0.5) is 0 Å². The van der Waals surface area contributed by atoms with Gasteiger partial charge in [-0.05, 0) is 80.0 Å². The van der Waals surface area contributed by atoms with Crippen molar-refractivity contribution in [2.45, 2.75) is 72.1 Å². The van der Waals surface area contributed by atoms with E-state index in [2.05, 4.69) is 13.8 Å². The molecule has 4 fully saturated rings. The lowest BCUT2D eigenvalue weighted by molar-refractivity contribution is -0.149. The van der Waals surface area contributed by atoms with Gasteiger partial charge in [0.15, 0.2) is 5.78 Å². The Hall–Kier alpha value is -1.77. The summed E-state index contributed by atoms with van der Waals surface area (Å²) in [5, 5.41) is 0. The third kappa shape index (κ3) is 3.09. The number of Topliss-reactive ketones (excluding diaryl/α,β-unsaturated/α-hetero) is 3. The molecule has 0 bridgehead atoms. The van der Waals surface area contributed by atoms with Gasteiger partial charge in [-0.15, -0.1) is 0 Å². The summed E-state index contributed by atoms with van der Waals surface area (Å²) in [6, 6.07) is 9.77. The Balaban J connectivity index is 1.57. The lowest BCUT2D eigenvalue weighted by Gasteiger charge is -2.62. The monoisotopic (exact) mass is 420 g/mol. The fourth-order valence-electron chi connectivity index (χ4n) is 8.82. The van der Waals surface area contributed by atoms with E-state index in [0.29, 0.717) is 48.1 Å². The topological polar surface area (TPSA) is 51.2 Å². The van der Waals surface area contributed by atoms with E-state index in [1.54, 1.807) is 6.92 Å². The Morgan fingerprint density at radius 1 is 0.935 bits per heavy atom. The lowest BCUT2D eigenvalue weighted by Crippen LogP contribution is -2.58. The Morgan fingerprint density at radius 2 is 1.65 bits per heavy atom. The van der Waals surface area contributed by atoms with Crippen LogP contribution in [-0.4, -0.2) is 17.3 Å². The normalized spacial score (nSPS) is 44.2. The molecule has 5 rings (SSSR count). The molecule has 0 heterocycles. The van der Waals surface area contributed by atoms with Gasteiger partial charge < -0.3 is 0 Å². The van der Waals surface area contributed by atoms with Crippen LogP contribution in [0, 0.1) is 46.3 Å². The van der Waals surface area contributed by atoms with Gasteiger partial charge in [0.25, 0.3) is 0 Å². The number of benzene rings is 1. The van der Waals surface area contributed by atoms with Crippen LogP contribution < -0.4 is 0 Å². The highest BCUT2D eigenvalue weighted by Crippen LogP contribution is 2.68. The molecule has 3 heteroatoms. The Bertz CT molecular complexity index is 904. The number of hydrogen-bond donors (Lipinski definition) is 0. The molecule has 3 nitrogen and oxygen atoms in total. The Kier molecular flexibility index (Phi) is 5.03. The number of hydrogen-bond acceptors (Lipinski definition) is 3. The summed E-state index contributed by atoms with van der Waals surface area (Å²) >= 11 is 0. The van der Waals surface area contributed by atoms with Gasteiger partial charge in [-0.25, -0.2) is 0 Å². The number of rotatable bonds is 3. The van der Waals surface area contributed by atoms with E-state index in [4.69, 9.17) is 0 Å². The maximum atomic E-state index is 13.9. The van der Waals surface area contributed by atoms with Crippen LogP contribution in [-0.2, 0) is 9.59 Å². The number of fused-ring (bicyclic) bond motifs is 5. The summed E-state index contributed by atoms with van der Waals surface area (Å²) in [4.78, 5) is 38.8. The maximum Gasteiger partial charge on any atom is 0.166 e. The fourth-order valence-corrected chi connectivity index (χ4v) is 8.82. The molecule has 0 amide bonds. The molecule has 0 N–H and O–H groups in total. The Labute approximate surface area is 186 Å². The first-order valence-electron chi connectivity index (χ1n) is 12.4. The molecule has 0 spiro atoms. The van der Waals surface area contributed by atoms with Gasteiger partial charge in [0.1, 0.15) is 11.6 Å². The maximum absolute atomic E-state index is 13.9. The molecule has 166 valence electrons. The summed E-state index contributed by atoms with van der Waals surface area (Å²) in [5.74, 6) is 2.69. The van der Waals surface area contributed by atoms with Gasteiger partial charge in [0.05, 0.1) is 0 Å². The third-order valence-electron chi connectivity index (χ3n) is 10.4. The average Bonchev–Trinajstić information content (AvgIpc) is 3.11. The molecule has 1 aromatic carbocycles. The van der Waals surface area contributed by atoms with Crippen LogP contribution in [0.1, 0.15) is 82.5 Å². The van der Waals surface area contributed by atoms with E-state index in [0.717, 1.165) is 44.1 Å². The average molecular weight is 421 g/mol. The molecule has 4 saturated carbocycles. The summed E-state index contributed by atoms with van der Waals surface area (Å²) in [6.07, 6.45) is 7.40. The van der Waals surface area contributed by atoms with Crippen molar-refractivity contribution >= 4 is 17.3 Å². The number of carbonyl (C=O) groups excluding carboxylic acids is 3. The molecule has 0 aromatic heterocycles. The zero-order valence-electron chi connectivity index (χ0n) is 19.2. The van der Waals surface area contributed by atoms with Crippen molar-refractivity contribution in [3.05, 3.63) is 35.9 Å². The van der Waals surface area contributed by atoms with Crippen molar-refractivity contribution in [2.75, 3.05) is 0 Å². The van der Waals surface area contributed by atoms with Crippen molar-refractivity contribution in [1.29, 1.82) is 0 Å². The minimum atomic E-state index is -0.0216. The molecule has 4 aliphatic rings. The van der Waals surface area contributed by atoms with Crippen LogP contribution in [0.5, 0.6) is 0 Å². The molecular weight excluding hydrogens is 384 g/mol. The molecule has 0 aliphatic heterocycles. The van der Waals surface area contributed by atoms with Crippen LogP contribution in [0.25, 0.3) is 0 Å². The predicted molar refractivity (Wildman–Crippen MR) is 121 cm³/mol. The first-order chi connectivity index (χ1) is 14.8. The van der Waals surface area contributed by atoms with E-state index < -0.39 is 0 Å². The molecule has 1 aromatic rings. The summed E-state index contributed by atoms with van der Waals surface area (Å²) in [7, 11) is 0. The zero-order valence-corrected chi connectivity index (χ0v) is 19.2. The molecular formula is C28H36O3. The van der Waals surface area contributed by atoms with Crippen LogP contribution in [0.15, 0.2) is 30.3 Å². The highest BCUT2D eigenvalue weighted by molar-refractivity contribution is 5.98. The first-order valence-corrected chi connectivity index (χ1v) is 12.4. The van der Waals surface area contributed by atoms with Crippen LogP contribution >= 0.6 is 0 Å². The molecule has 4 aliphatic carbocycles. The van der Waals surface area contributed by atoms with Crippen molar-refractivity contribution < 1.29 is 14.4 Å². The molecule has 8 atom stereocenters. The van der Waals surface area contributed by atoms with Crippen LogP contribution in [0.2, 0.25) is 0 Å². The van der Waals surface area contributed by atoms with Gasteiger partial charge in [-0.1, -0.05) is 44.2 Å². The lowest BCUT2D eigenvalue weighted by atomic mass is 9.42. The molecule has 0 radical (unpaired) electrons. The fraction of sp³-hybridized carbons (Fsp3) is 0.679. The number of ketones is 3. The highest BCUT2D eigenvalue weighted by Gasteiger charge is 2.64. The van der Waals surface area contributed by atoms with Gasteiger partial charge in [0.2, 0.25) is 0 Å². The van der Waals surface area contributed by atoms with Gasteiger partial charge >= 0.3 is 0 Å². The molecule has 0 saturated heterocycles. The number of carbonyl (C=O) groups is 3. The minimum Gasteiger partial charge on any atom is -0.300 e. The van der Waals surface area contributed by atoms with E-state index in [1.165, 1.54) is 0 Å². The van der Waals surface area contributed by atoms with Crippen molar-refractivity contribution in [2.24, 2.45) is 46.3 Å². The van der Waals surface area contributed by atoms with Crippen molar-refractivity contribution in [3.63, 3.8) is 0 Å². The van der Waals surface area contributed by atoms with Crippen molar-refractivity contribution in [3.8, 4) is 0 Å². The third-order valence-corrected chi connectivity index (χ3v) is 10.4. The first kappa shape index (κ1) is 21.1. The summed E-state index contributed by atoms with van der Waals surface area (Å²) in [6.45, 7) is 6.53. The standard InChI is InChI=1S/C28H36O3/c1-17(29)22-9-10-23-25-21(26(31)18-7-5-4-6-8-18)16-19-15-20(30)11-13-27(19,2)24(25)12-14-28(22,23)3/h4-8,19,21-25H,9-16H2,1-3H3/t19?,21?,22-,23+,24+,25+,27+,28-/m1/s1. The van der Waals surface area contributed by atoms with E-state index in [9.17, 15) is 14.4 Å². The second kappa shape index (κ2) is 7.39. The van der Waals surface area contributed by atoms with Gasteiger partial charge in [0, 0.05) is 30.2 Å². The predicted octanol–water partition coefficient (Wildman–Crippen LogP) is 5.91. The largest absolute Gasteiger partial charge is 0.300 e. The smallest absolute Gasteiger partial charge is 0.166 e.